The Morgan fingerprint density at radius 3 is 2.43 bits per heavy atom. The van der Waals surface area contributed by atoms with E-state index in [0.717, 1.165) is 5.56 Å². The lowest BCUT2D eigenvalue weighted by molar-refractivity contribution is -0.123. The van der Waals surface area contributed by atoms with E-state index in [4.69, 9.17) is 12.2 Å². The lowest BCUT2D eigenvalue weighted by Gasteiger charge is -2.21. The van der Waals surface area contributed by atoms with Crippen molar-refractivity contribution in [3.05, 3.63) is 35.9 Å². The highest BCUT2D eigenvalue weighted by Gasteiger charge is 2.41. The SMILES string of the molecule is CC1(c2ccccc2)NC(=S)NC1=O. The molecule has 2 N–H and O–H groups in total. The molecule has 0 radical (unpaired) electrons. The van der Waals surface area contributed by atoms with Crippen molar-refractivity contribution in [2.45, 2.75) is 12.5 Å². The van der Waals surface area contributed by atoms with E-state index in [-0.39, 0.29) is 5.91 Å². The van der Waals surface area contributed by atoms with Gasteiger partial charge in [0.25, 0.3) is 5.91 Å². The molecule has 2 rings (SSSR count). The van der Waals surface area contributed by atoms with Crippen LogP contribution in [0.3, 0.4) is 0 Å². The van der Waals surface area contributed by atoms with Crippen LogP contribution < -0.4 is 10.6 Å². The second-order valence-electron chi connectivity index (χ2n) is 3.40. The molecule has 1 unspecified atom stereocenters. The van der Waals surface area contributed by atoms with Crippen LogP contribution in [0.5, 0.6) is 0 Å². The number of benzene rings is 1. The van der Waals surface area contributed by atoms with Crippen LogP contribution in [0, 0.1) is 0 Å². The third-order valence-electron chi connectivity index (χ3n) is 2.40. The summed E-state index contributed by atoms with van der Waals surface area (Å²) in [4.78, 5) is 11.6. The summed E-state index contributed by atoms with van der Waals surface area (Å²) in [6, 6.07) is 9.52. The fourth-order valence-electron chi connectivity index (χ4n) is 1.52. The second-order valence-corrected chi connectivity index (χ2v) is 3.81. The number of nitrogens with one attached hydrogen (secondary N) is 2. The first-order chi connectivity index (χ1) is 6.63. The molecule has 1 heterocycles. The van der Waals surface area contributed by atoms with Crippen molar-refractivity contribution in [1.82, 2.24) is 10.6 Å². The standard InChI is InChI=1S/C10H10N2OS/c1-10(7-5-3-2-4-6-7)8(13)11-9(14)12-10/h2-6H,1H3,(H2,11,12,13,14). The maximum absolute atomic E-state index is 11.6. The molecule has 0 spiro atoms. The highest BCUT2D eigenvalue weighted by Crippen LogP contribution is 2.23. The number of hydrogen-bond acceptors (Lipinski definition) is 2. The predicted octanol–water partition coefficient (Wildman–Crippen LogP) is 0.906. The first kappa shape index (κ1) is 9.15. The van der Waals surface area contributed by atoms with E-state index in [1.807, 2.05) is 37.3 Å². The zero-order valence-electron chi connectivity index (χ0n) is 7.70. The molecule has 3 nitrogen and oxygen atoms in total. The molecule has 0 saturated carbocycles. The van der Waals surface area contributed by atoms with Gasteiger partial charge in [0.2, 0.25) is 0 Å². The molecule has 1 aliphatic heterocycles. The lowest BCUT2D eigenvalue weighted by atomic mass is 9.92. The minimum Gasteiger partial charge on any atom is -0.345 e. The summed E-state index contributed by atoms with van der Waals surface area (Å²) < 4.78 is 0. The van der Waals surface area contributed by atoms with Gasteiger partial charge in [0.05, 0.1) is 0 Å². The number of thiocarbonyl (C=S) groups is 1. The van der Waals surface area contributed by atoms with Gasteiger partial charge in [-0.2, -0.15) is 0 Å². The second kappa shape index (κ2) is 3.06. The van der Waals surface area contributed by atoms with Gasteiger partial charge in [0, 0.05) is 0 Å². The van der Waals surface area contributed by atoms with Gasteiger partial charge in [-0.05, 0) is 24.7 Å². The number of amides is 1. The molecule has 72 valence electrons. The molecule has 1 amide bonds. The molecule has 14 heavy (non-hydrogen) atoms. The van der Waals surface area contributed by atoms with Crippen LogP contribution >= 0.6 is 12.2 Å². The van der Waals surface area contributed by atoms with E-state index in [2.05, 4.69) is 10.6 Å². The normalized spacial score (nSPS) is 25.8. The Kier molecular flexibility index (Phi) is 2.00. The zero-order valence-corrected chi connectivity index (χ0v) is 8.52. The predicted molar refractivity (Wildman–Crippen MR) is 57.7 cm³/mol. The van der Waals surface area contributed by atoms with E-state index in [9.17, 15) is 4.79 Å². The molecule has 1 atom stereocenters. The van der Waals surface area contributed by atoms with Crippen LogP contribution in [-0.2, 0) is 10.3 Å². The quantitative estimate of drug-likeness (QED) is 0.671. The van der Waals surface area contributed by atoms with Crippen LogP contribution in [0.4, 0.5) is 0 Å². The molecule has 0 aromatic heterocycles. The number of rotatable bonds is 1. The summed E-state index contributed by atoms with van der Waals surface area (Å²) in [5, 5.41) is 5.94. The van der Waals surface area contributed by atoms with Gasteiger partial charge < -0.3 is 10.6 Å². The van der Waals surface area contributed by atoms with Gasteiger partial charge in [0.15, 0.2) is 5.11 Å². The Morgan fingerprint density at radius 2 is 1.93 bits per heavy atom. The average Bonchev–Trinajstić information content (AvgIpc) is 2.43. The van der Waals surface area contributed by atoms with E-state index in [1.165, 1.54) is 0 Å². The highest BCUT2D eigenvalue weighted by molar-refractivity contribution is 7.80. The van der Waals surface area contributed by atoms with Crippen LogP contribution in [0.15, 0.2) is 30.3 Å². The summed E-state index contributed by atoms with van der Waals surface area (Å²) in [5.74, 6) is -0.103. The first-order valence-electron chi connectivity index (χ1n) is 4.32. The maximum atomic E-state index is 11.6. The Balaban J connectivity index is 2.43. The van der Waals surface area contributed by atoms with Crippen molar-refractivity contribution >= 4 is 23.2 Å². The van der Waals surface area contributed by atoms with Crippen molar-refractivity contribution in [1.29, 1.82) is 0 Å². The van der Waals surface area contributed by atoms with Crippen molar-refractivity contribution in [3.63, 3.8) is 0 Å². The molecule has 1 fully saturated rings. The Labute approximate surface area is 87.5 Å². The monoisotopic (exact) mass is 206 g/mol. The van der Waals surface area contributed by atoms with Gasteiger partial charge in [-0.15, -0.1) is 0 Å². The summed E-state index contributed by atoms with van der Waals surface area (Å²) in [5.41, 5.74) is 0.190. The maximum Gasteiger partial charge on any atom is 0.256 e. The fourth-order valence-corrected chi connectivity index (χ4v) is 1.81. The molecule has 1 saturated heterocycles. The third-order valence-corrected chi connectivity index (χ3v) is 2.60. The van der Waals surface area contributed by atoms with Gasteiger partial charge in [-0.25, -0.2) is 0 Å². The Morgan fingerprint density at radius 1 is 1.29 bits per heavy atom. The first-order valence-corrected chi connectivity index (χ1v) is 4.73. The van der Waals surface area contributed by atoms with E-state index < -0.39 is 5.54 Å². The Bertz CT molecular complexity index is 390. The summed E-state index contributed by atoms with van der Waals surface area (Å²) in [6.07, 6.45) is 0. The molecule has 0 bridgehead atoms. The van der Waals surface area contributed by atoms with Crippen molar-refractivity contribution in [2.75, 3.05) is 0 Å². The minimum absolute atomic E-state index is 0.103. The van der Waals surface area contributed by atoms with Crippen molar-refractivity contribution < 1.29 is 4.79 Å². The van der Waals surface area contributed by atoms with Gasteiger partial charge >= 0.3 is 0 Å². The highest BCUT2D eigenvalue weighted by atomic mass is 32.1. The molecular weight excluding hydrogens is 196 g/mol. The summed E-state index contributed by atoms with van der Waals surface area (Å²) in [6.45, 7) is 1.82. The van der Waals surface area contributed by atoms with Crippen LogP contribution in [0.1, 0.15) is 12.5 Å². The molecule has 0 aliphatic carbocycles. The van der Waals surface area contributed by atoms with Crippen LogP contribution in [0.2, 0.25) is 0 Å². The average molecular weight is 206 g/mol. The van der Waals surface area contributed by atoms with Gasteiger partial charge in [-0.1, -0.05) is 30.3 Å². The topological polar surface area (TPSA) is 41.1 Å². The molecular formula is C10H10N2OS. The van der Waals surface area contributed by atoms with E-state index >= 15 is 0 Å². The van der Waals surface area contributed by atoms with Gasteiger partial charge in [-0.3, -0.25) is 4.79 Å². The number of carbonyl (C=O) groups excluding carboxylic acids is 1. The smallest absolute Gasteiger partial charge is 0.256 e. The third kappa shape index (κ3) is 1.28. The minimum atomic E-state index is -0.724. The van der Waals surface area contributed by atoms with Crippen LogP contribution in [0.25, 0.3) is 0 Å². The van der Waals surface area contributed by atoms with Crippen molar-refractivity contribution in [3.8, 4) is 0 Å². The molecule has 1 aromatic rings. The largest absolute Gasteiger partial charge is 0.345 e. The molecule has 1 aliphatic rings. The molecule has 1 aromatic carbocycles. The molecule has 4 heteroatoms. The number of carbonyl (C=O) groups is 1. The summed E-state index contributed by atoms with van der Waals surface area (Å²) >= 11 is 4.90. The van der Waals surface area contributed by atoms with Crippen molar-refractivity contribution in [2.24, 2.45) is 0 Å². The lowest BCUT2D eigenvalue weighted by Crippen LogP contribution is -2.40. The fraction of sp³-hybridized carbons (Fsp3) is 0.200. The van der Waals surface area contributed by atoms with Gasteiger partial charge in [0.1, 0.15) is 5.54 Å². The van der Waals surface area contributed by atoms with E-state index in [0.29, 0.717) is 5.11 Å². The van der Waals surface area contributed by atoms with Crippen LogP contribution in [-0.4, -0.2) is 11.0 Å². The van der Waals surface area contributed by atoms with E-state index in [1.54, 1.807) is 0 Å². The summed E-state index contributed by atoms with van der Waals surface area (Å²) in [7, 11) is 0. The zero-order chi connectivity index (χ0) is 10.2. The number of hydrogen-bond donors (Lipinski definition) is 2. The Hall–Kier alpha value is -1.42.